The molecule has 33 heavy (non-hydrogen) atoms. The fraction of sp³-hybridized carbons (Fsp3) is 0.269. The van der Waals surface area contributed by atoms with Crippen LogP contribution in [0, 0.1) is 0 Å². The van der Waals surface area contributed by atoms with Gasteiger partial charge in [-0.3, -0.25) is 9.89 Å². The summed E-state index contributed by atoms with van der Waals surface area (Å²) in [6.45, 7) is 2.11. The van der Waals surface area contributed by atoms with Crippen molar-refractivity contribution in [1.82, 2.24) is 25.4 Å². The lowest BCUT2D eigenvalue weighted by Crippen LogP contribution is -2.48. The predicted molar refractivity (Wildman–Crippen MR) is 126 cm³/mol. The fourth-order valence-electron chi connectivity index (χ4n) is 4.73. The molecule has 1 aliphatic carbocycles. The van der Waals surface area contributed by atoms with Crippen LogP contribution in [0.1, 0.15) is 46.4 Å². The first-order valence-corrected chi connectivity index (χ1v) is 11.4. The smallest absolute Gasteiger partial charge is 0.255 e. The van der Waals surface area contributed by atoms with Crippen molar-refractivity contribution in [2.45, 2.75) is 24.8 Å². The number of phenolic OH excluding ortho intramolecular Hbond substituents is 1. The van der Waals surface area contributed by atoms with Gasteiger partial charge in [-0.15, -0.1) is 0 Å². The van der Waals surface area contributed by atoms with Gasteiger partial charge in [0.2, 0.25) is 0 Å². The standard InChI is InChI=1S/C26H25N5O2/c32-19-10-8-16(9-11-19)21-14-20(23-24(18-6-7-18)29-30-25(23)28-21)26(33)31-13-12-27-15-22(31)17-4-2-1-3-5-17/h1-5,8-11,14,18,22,27,32H,6-7,12-13,15H2,(H,28,29,30). The summed E-state index contributed by atoms with van der Waals surface area (Å²) in [4.78, 5) is 20.9. The van der Waals surface area contributed by atoms with Crippen LogP contribution < -0.4 is 5.32 Å². The minimum Gasteiger partial charge on any atom is -0.508 e. The monoisotopic (exact) mass is 439 g/mol. The number of hydrogen-bond donors (Lipinski definition) is 3. The molecule has 1 saturated carbocycles. The summed E-state index contributed by atoms with van der Waals surface area (Å²) < 4.78 is 0. The maximum absolute atomic E-state index is 14.1. The number of carbonyl (C=O) groups excluding carboxylic acids is 1. The van der Waals surface area contributed by atoms with E-state index in [9.17, 15) is 9.90 Å². The molecular weight excluding hydrogens is 414 g/mol. The molecule has 0 spiro atoms. The number of aromatic hydroxyl groups is 1. The highest BCUT2D eigenvalue weighted by Crippen LogP contribution is 2.43. The largest absolute Gasteiger partial charge is 0.508 e. The molecule has 3 heterocycles. The molecule has 2 aliphatic rings. The number of aromatic amines is 1. The first-order chi connectivity index (χ1) is 16.2. The molecule has 1 aliphatic heterocycles. The zero-order valence-electron chi connectivity index (χ0n) is 18.2. The SMILES string of the molecule is O=C(c1cc(-c2ccc(O)cc2)nc2[nH]nc(C3CC3)c12)N1CCNCC1c1ccccc1. The molecule has 2 aromatic carbocycles. The van der Waals surface area contributed by atoms with Crippen LogP contribution in [0.5, 0.6) is 5.75 Å². The van der Waals surface area contributed by atoms with Crippen molar-refractivity contribution in [3.05, 3.63) is 77.5 Å². The molecule has 2 fully saturated rings. The van der Waals surface area contributed by atoms with E-state index >= 15 is 0 Å². The minimum atomic E-state index is -0.0379. The maximum atomic E-state index is 14.1. The van der Waals surface area contributed by atoms with E-state index in [0.717, 1.165) is 48.1 Å². The number of hydrogen-bond acceptors (Lipinski definition) is 5. The average Bonchev–Trinajstić information content (AvgIpc) is 3.62. The van der Waals surface area contributed by atoms with Gasteiger partial charge >= 0.3 is 0 Å². The lowest BCUT2D eigenvalue weighted by atomic mass is 9.99. The van der Waals surface area contributed by atoms with Crippen molar-refractivity contribution in [3.63, 3.8) is 0 Å². The number of piperazine rings is 1. The van der Waals surface area contributed by atoms with Gasteiger partial charge in [0.15, 0.2) is 5.65 Å². The zero-order chi connectivity index (χ0) is 22.4. The quantitative estimate of drug-likeness (QED) is 0.447. The number of aromatic nitrogens is 3. The number of carbonyl (C=O) groups is 1. The Morgan fingerprint density at radius 3 is 2.61 bits per heavy atom. The van der Waals surface area contributed by atoms with Gasteiger partial charge in [-0.05, 0) is 48.7 Å². The molecule has 0 radical (unpaired) electrons. The second-order valence-corrected chi connectivity index (χ2v) is 8.84. The summed E-state index contributed by atoms with van der Waals surface area (Å²) in [6.07, 6.45) is 2.18. The third-order valence-electron chi connectivity index (χ3n) is 6.60. The molecule has 3 N–H and O–H groups in total. The van der Waals surface area contributed by atoms with Gasteiger partial charge in [-0.2, -0.15) is 5.10 Å². The number of pyridine rings is 1. The number of phenols is 1. The van der Waals surface area contributed by atoms with Gasteiger partial charge in [-0.25, -0.2) is 4.98 Å². The predicted octanol–water partition coefficient (Wildman–Crippen LogP) is 3.99. The van der Waals surface area contributed by atoms with Crippen molar-refractivity contribution >= 4 is 16.9 Å². The second kappa shape index (κ2) is 8.01. The van der Waals surface area contributed by atoms with E-state index in [1.54, 1.807) is 12.1 Å². The summed E-state index contributed by atoms with van der Waals surface area (Å²) in [5.41, 5.74) is 4.87. The van der Waals surface area contributed by atoms with Crippen LogP contribution in [0.4, 0.5) is 0 Å². The molecule has 1 saturated heterocycles. The van der Waals surface area contributed by atoms with E-state index in [1.807, 2.05) is 41.3 Å². The van der Waals surface area contributed by atoms with E-state index in [1.165, 1.54) is 0 Å². The van der Waals surface area contributed by atoms with Gasteiger partial charge in [0, 0.05) is 31.1 Å². The minimum absolute atomic E-state index is 0.00100. The fourth-order valence-corrected chi connectivity index (χ4v) is 4.73. The van der Waals surface area contributed by atoms with Crippen LogP contribution in [0.15, 0.2) is 60.7 Å². The number of H-pyrrole nitrogens is 1. The Balaban J connectivity index is 1.48. The van der Waals surface area contributed by atoms with Crippen LogP contribution in [0.2, 0.25) is 0 Å². The first kappa shape index (κ1) is 19.9. The number of nitrogens with one attached hydrogen (secondary N) is 2. The van der Waals surface area contributed by atoms with E-state index in [4.69, 9.17) is 4.98 Å². The molecule has 7 nitrogen and oxygen atoms in total. The summed E-state index contributed by atoms with van der Waals surface area (Å²) in [7, 11) is 0. The Morgan fingerprint density at radius 1 is 1.06 bits per heavy atom. The summed E-state index contributed by atoms with van der Waals surface area (Å²) in [5, 5.41) is 21.6. The van der Waals surface area contributed by atoms with Gasteiger partial charge < -0.3 is 15.3 Å². The Kier molecular flexibility index (Phi) is 4.84. The van der Waals surface area contributed by atoms with Crippen molar-refractivity contribution in [1.29, 1.82) is 0 Å². The first-order valence-electron chi connectivity index (χ1n) is 11.4. The molecule has 0 bridgehead atoms. The van der Waals surface area contributed by atoms with Crippen molar-refractivity contribution in [2.24, 2.45) is 0 Å². The van der Waals surface area contributed by atoms with Crippen LogP contribution >= 0.6 is 0 Å². The molecule has 166 valence electrons. The zero-order valence-corrected chi connectivity index (χ0v) is 18.2. The highest BCUT2D eigenvalue weighted by Gasteiger charge is 2.34. The molecule has 1 amide bonds. The molecule has 4 aromatic rings. The summed E-state index contributed by atoms with van der Waals surface area (Å²) >= 11 is 0. The van der Waals surface area contributed by atoms with Crippen LogP contribution in [-0.4, -0.2) is 50.7 Å². The second-order valence-electron chi connectivity index (χ2n) is 8.84. The van der Waals surface area contributed by atoms with Crippen molar-refractivity contribution in [2.75, 3.05) is 19.6 Å². The third kappa shape index (κ3) is 3.64. The van der Waals surface area contributed by atoms with Gasteiger partial charge in [0.05, 0.1) is 28.4 Å². The third-order valence-corrected chi connectivity index (χ3v) is 6.60. The average molecular weight is 440 g/mol. The number of rotatable bonds is 4. The highest BCUT2D eigenvalue weighted by atomic mass is 16.3. The van der Waals surface area contributed by atoms with E-state index < -0.39 is 0 Å². The lowest BCUT2D eigenvalue weighted by Gasteiger charge is -2.36. The topological polar surface area (TPSA) is 94.1 Å². The number of benzene rings is 2. The number of amides is 1. The van der Waals surface area contributed by atoms with Crippen LogP contribution in [0.25, 0.3) is 22.3 Å². The Morgan fingerprint density at radius 2 is 1.85 bits per heavy atom. The van der Waals surface area contributed by atoms with Gasteiger partial charge in [0.1, 0.15) is 5.75 Å². The maximum Gasteiger partial charge on any atom is 0.255 e. The number of nitrogens with zero attached hydrogens (tertiary/aromatic N) is 3. The van der Waals surface area contributed by atoms with Crippen LogP contribution in [-0.2, 0) is 0 Å². The number of fused-ring (bicyclic) bond motifs is 1. The van der Waals surface area contributed by atoms with Gasteiger partial charge in [0.25, 0.3) is 5.91 Å². The lowest BCUT2D eigenvalue weighted by molar-refractivity contribution is 0.0636. The Labute approximate surface area is 191 Å². The van der Waals surface area contributed by atoms with E-state index in [0.29, 0.717) is 29.4 Å². The van der Waals surface area contributed by atoms with Gasteiger partial charge in [-0.1, -0.05) is 30.3 Å². The van der Waals surface area contributed by atoms with E-state index in [-0.39, 0.29) is 17.7 Å². The van der Waals surface area contributed by atoms with E-state index in [2.05, 4.69) is 27.6 Å². The molecule has 6 rings (SSSR count). The molecular formula is C26H25N5O2. The summed E-state index contributed by atoms with van der Waals surface area (Å²) in [5.74, 6) is 0.584. The molecule has 7 heteroatoms. The molecule has 2 aromatic heterocycles. The molecule has 1 unspecified atom stereocenters. The Bertz CT molecular complexity index is 1310. The highest BCUT2D eigenvalue weighted by molar-refractivity contribution is 6.07. The van der Waals surface area contributed by atoms with Crippen LogP contribution in [0.3, 0.4) is 0 Å². The molecule has 1 atom stereocenters. The van der Waals surface area contributed by atoms with Crippen molar-refractivity contribution in [3.8, 4) is 17.0 Å². The summed E-state index contributed by atoms with van der Waals surface area (Å²) in [6, 6.07) is 18.9. The Hall–Kier alpha value is -3.71. The van der Waals surface area contributed by atoms with Crippen molar-refractivity contribution < 1.29 is 9.90 Å². The normalized spacial score (nSPS) is 18.5.